The summed E-state index contributed by atoms with van der Waals surface area (Å²) >= 11 is 0. The summed E-state index contributed by atoms with van der Waals surface area (Å²) in [6, 6.07) is 17.2. The molecule has 39 heavy (non-hydrogen) atoms. The van der Waals surface area contributed by atoms with Gasteiger partial charge in [0.15, 0.2) is 9.84 Å². The highest BCUT2D eigenvalue weighted by Crippen LogP contribution is 2.35. The SMILES string of the molecule is CCS(=O)(=O)c1ccc(CNC(=O)c2ccc(N3CCC(c4ccc(C(F)(F)F)cc4)C3)c(COC)c2)cc1. The molecule has 0 saturated carbocycles. The lowest BCUT2D eigenvalue weighted by atomic mass is 9.97. The maximum absolute atomic E-state index is 12.9. The molecular formula is C29H31F3N2O4S. The Morgan fingerprint density at radius 3 is 2.36 bits per heavy atom. The van der Waals surface area contributed by atoms with Gasteiger partial charge in [0.05, 0.1) is 22.8 Å². The molecule has 1 amide bonds. The summed E-state index contributed by atoms with van der Waals surface area (Å²) in [5.41, 5.74) is 3.23. The predicted molar refractivity (Wildman–Crippen MR) is 144 cm³/mol. The van der Waals surface area contributed by atoms with Crippen molar-refractivity contribution in [3.63, 3.8) is 0 Å². The number of rotatable bonds is 9. The van der Waals surface area contributed by atoms with Crippen LogP contribution in [-0.2, 0) is 33.9 Å². The van der Waals surface area contributed by atoms with Crippen molar-refractivity contribution in [3.8, 4) is 0 Å². The van der Waals surface area contributed by atoms with E-state index >= 15 is 0 Å². The molecule has 0 spiro atoms. The van der Waals surface area contributed by atoms with E-state index in [4.69, 9.17) is 4.74 Å². The normalized spacial score (nSPS) is 15.9. The Hall–Kier alpha value is -3.37. The Morgan fingerprint density at radius 2 is 1.74 bits per heavy atom. The van der Waals surface area contributed by atoms with Crippen molar-refractivity contribution in [2.75, 3.05) is 30.9 Å². The van der Waals surface area contributed by atoms with Gasteiger partial charge in [0, 0.05) is 49.5 Å². The lowest BCUT2D eigenvalue weighted by Crippen LogP contribution is -2.24. The lowest BCUT2D eigenvalue weighted by Gasteiger charge is -2.23. The van der Waals surface area contributed by atoms with Gasteiger partial charge < -0.3 is 15.0 Å². The van der Waals surface area contributed by atoms with E-state index in [2.05, 4.69) is 10.2 Å². The first-order valence-electron chi connectivity index (χ1n) is 12.7. The first-order valence-corrected chi connectivity index (χ1v) is 14.3. The third kappa shape index (κ3) is 6.80. The van der Waals surface area contributed by atoms with Crippen LogP contribution >= 0.6 is 0 Å². The van der Waals surface area contributed by atoms with Gasteiger partial charge in [0.25, 0.3) is 5.91 Å². The average molecular weight is 561 g/mol. The van der Waals surface area contributed by atoms with Crippen molar-refractivity contribution in [2.24, 2.45) is 0 Å². The van der Waals surface area contributed by atoms with Gasteiger partial charge in [-0.05, 0) is 60.0 Å². The molecule has 208 valence electrons. The number of hydrogen-bond donors (Lipinski definition) is 1. The van der Waals surface area contributed by atoms with Crippen LogP contribution in [0.1, 0.15) is 51.9 Å². The molecule has 6 nitrogen and oxygen atoms in total. The van der Waals surface area contributed by atoms with Crippen LogP contribution in [0.4, 0.5) is 18.9 Å². The van der Waals surface area contributed by atoms with Crippen LogP contribution in [0.15, 0.2) is 71.6 Å². The Kier molecular flexibility index (Phi) is 8.66. The highest BCUT2D eigenvalue weighted by Gasteiger charge is 2.31. The number of anilines is 1. The molecule has 1 fully saturated rings. The number of alkyl halides is 3. The molecule has 1 atom stereocenters. The van der Waals surface area contributed by atoms with Crippen LogP contribution in [0, 0.1) is 0 Å². The zero-order chi connectivity index (χ0) is 28.2. The maximum Gasteiger partial charge on any atom is 0.416 e. The monoisotopic (exact) mass is 560 g/mol. The summed E-state index contributed by atoms with van der Waals surface area (Å²) in [7, 11) is -1.70. The molecule has 1 unspecified atom stereocenters. The van der Waals surface area contributed by atoms with Crippen molar-refractivity contribution in [3.05, 3.63) is 94.5 Å². The van der Waals surface area contributed by atoms with Crippen molar-refractivity contribution >= 4 is 21.4 Å². The first kappa shape index (κ1) is 28.6. The molecule has 1 saturated heterocycles. The molecule has 1 aliphatic heterocycles. The zero-order valence-corrected chi connectivity index (χ0v) is 22.6. The highest BCUT2D eigenvalue weighted by atomic mass is 32.2. The minimum atomic E-state index is -4.36. The van der Waals surface area contributed by atoms with Gasteiger partial charge >= 0.3 is 6.18 Å². The average Bonchev–Trinajstić information content (AvgIpc) is 3.42. The number of nitrogens with zero attached hydrogens (tertiary/aromatic N) is 1. The van der Waals surface area contributed by atoms with Gasteiger partial charge in [0.1, 0.15) is 0 Å². The van der Waals surface area contributed by atoms with Crippen LogP contribution in [0.3, 0.4) is 0 Å². The molecule has 0 aliphatic carbocycles. The number of methoxy groups -OCH3 is 1. The molecule has 0 radical (unpaired) electrons. The number of nitrogens with one attached hydrogen (secondary N) is 1. The second kappa shape index (κ2) is 11.8. The Morgan fingerprint density at radius 1 is 1.05 bits per heavy atom. The van der Waals surface area contributed by atoms with E-state index in [1.807, 2.05) is 6.07 Å². The topological polar surface area (TPSA) is 75.7 Å². The standard InChI is InChI=1S/C29H31F3N2O4S/c1-3-39(36,37)26-11-4-20(5-12-26)17-33-28(35)22-8-13-27(24(16-22)19-38-2)34-15-14-23(18-34)21-6-9-25(10-7-21)29(30,31)32/h4-13,16,23H,3,14-15,17-19H2,1-2H3,(H,33,35). The van der Waals surface area contributed by atoms with Crippen LogP contribution < -0.4 is 10.2 Å². The van der Waals surface area contributed by atoms with Crippen LogP contribution in [0.25, 0.3) is 0 Å². The fourth-order valence-corrected chi connectivity index (χ4v) is 5.65. The molecule has 10 heteroatoms. The fraction of sp³-hybridized carbons (Fsp3) is 0.345. The highest BCUT2D eigenvalue weighted by molar-refractivity contribution is 7.91. The largest absolute Gasteiger partial charge is 0.416 e. The van der Waals surface area contributed by atoms with Gasteiger partial charge in [-0.3, -0.25) is 4.79 Å². The van der Waals surface area contributed by atoms with Crippen LogP contribution in [-0.4, -0.2) is 40.3 Å². The zero-order valence-electron chi connectivity index (χ0n) is 21.8. The number of amides is 1. The van der Waals surface area contributed by atoms with Crippen LogP contribution in [0.2, 0.25) is 0 Å². The Balaban J connectivity index is 1.42. The van der Waals surface area contributed by atoms with Crippen molar-refractivity contribution in [1.29, 1.82) is 0 Å². The molecule has 1 N–H and O–H groups in total. The van der Waals surface area contributed by atoms with E-state index in [1.54, 1.807) is 62.6 Å². The minimum Gasteiger partial charge on any atom is -0.380 e. The van der Waals surface area contributed by atoms with Gasteiger partial charge in [-0.1, -0.05) is 31.2 Å². The van der Waals surface area contributed by atoms with E-state index < -0.39 is 21.6 Å². The van der Waals surface area contributed by atoms with E-state index in [1.165, 1.54) is 0 Å². The summed E-state index contributed by atoms with van der Waals surface area (Å²) in [5, 5.41) is 2.87. The molecule has 1 aliphatic rings. The molecule has 3 aromatic rings. The summed E-state index contributed by atoms with van der Waals surface area (Å²) in [6.45, 7) is 3.52. The lowest BCUT2D eigenvalue weighted by molar-refractivity contribution is -0.137. The number of carbonyl (C=O) groups excluding carboxylic acids is 1. The minimum absolute atomic E-state index is 0.0238. The fourth-order valence-electron chi connectivity index (χ4n) is 4.77. The van der Waals surface area contributed by atoms with E-state index in [0.29, 0.717) is 18.7 Å². The summed E-state index contributed by atoms with van der Waals surface area (Å²) in [5.74, 6) is -0.145. The first-order chi connectivity index (χ1) is 18.5. The van der Waals surface area contributed by atoms with Gasteiger partial charge in [-0.25, -0.2) is 8.42 Å². The molecule has 0 bridgehead atoms. The molecule has 4 rings (SSSR count). The third-order valence-electron chi connectivity index (χ3n) is 7.00. The summed E-state index contributed by atoms with van der Waals surface area (Å²) in [6.07, 6.45) is -3.55. The van der Waals surface area contributed by atoms with Crippen molar-refractivity contribution < 1.29 is 31.1 Å². The second-order valence-electron chi connectivity index (χ2n) is 9.56. The number of ether oxygens (including phenoxy) is 1. The van der Waals surface area contributed by atoms with E-state index in [0.717, 1.165) is 47.5 Å². The number of halogens is 3. The second-order valence-corrected chi connectivity index (χ2v) is 11.8. The quantitative estimate of drug-likeness (QED) is 0.371. The molecule has 0 aromatic heterocycles. The number of sulfone groups is 1. The van der Waals surface area contributed by atoms with Crippen molar-refractivity contribution in [2.45, 2.75) is 43.5 Å². The van der Waals surface area contributed by atoms with Gasteiger partial charge in [-0.15, -0.1) is 0 Å². The van der Waals surface area contributed by atoms with Gasteiger partial charge in [-0.2, -0.15) is 13.2 Å². The molecule has 3 aromatic carbocycles. The van der Waals surface area contributed by atoms with E-state index in [9.17, 15) is 26.4 Å². The number of hydrogen-bond acceptors (Lipinski definition) is 5. The van der Waals surface area contributed by atoms with Crippen molar-refractivity contribution in [1.82, 2.24) is 5.32 Å². The predicted octanol–water partition coefficient (Wildman–Crippen LogP) is 5.57. The summed E-state index contributed by atoms with van der Waals surface area (Å²) < 4.78 is 68.1. The molecule has 1 heterocycles. The maximum atomic E-state index is 12.9. The number of benzene rings is 3. The summed E-state index contributed by atoms with van der Waals surface area (Å²) in [4.78, 5) is 15.3. The molecular weight excluding hydrogens is 529 g/mol. The van der Waals surface area contributed by atoms with Crippen LogP contribution in [0.5, 0.6) is 0 Å². The smallest absolute Gasteiger partial charge is 0.380 e. The third-order valence-corrected chi connectivity index (χ3v) is 8.75. The van der Waals surface area contributed by atoms with Gasteiger partial charge in [0.2, 0.25) is 0 Å². The Labute approximate surface area is 226 Å². The number of carbonyl (C=O) groups is 1. The Bertz CT molecular complexity index is 1410. The van der Waals surface area contributed by atoms with E-state index in [-0.39, 0.29) is 29.0 Å².